The summed E-state index contributed by atoms with van der Waals surface area (Å²) in [6.07, 6.45) is 1.12. The maximum absolute atomic E-state index is 3.08. The van der Waals surface area contributed by atoms with Crippen molar-refractivity contribution in [2.45, 2.75) is 34.6 Å². The summed E-state index contributed by atoms with van der Waals surface area (Å²) in [5.41, 5.74) is 2.57. The quantitative estimate of drug-likeness (QED) is 0.724. The Kier molecular flexibility index (Phi) is 10.2. The number of hydrogen-bond donors (Lipinski definition) is 1. The summed E-state index contributed by atoms with van der Waals surface area (Å²) in [5.74, 6) is 0. The molecule has 0 aliphatic rings. The van der Waals surface area contributed by atoms with Crippen LogP contribution in [-0.4, -0.2) is 7.05 Å². The number of benzene rings is 1. The van der Waals surface area contributed by atoms with Crippen LogP contribution < -0.4 is 5.32 Å². The molecule has 78 valence electrons. The third-order valence-electron chi connectivity index (χ3n) is 1.65. The highest BCUT2D eigenvalue weighted by Crippen LogP contribution is 2.08. The van der Waals surface area contributed by atoms with E-state index in [4.69, 9.17) is 0 Å². The molecule has 0 radical (unpaired) electrons. The van der Waals surface area contributed by atoms with Crippen LogP contribution in [0.25, 0.3) is 0 Å². The highest BCUT2D eigenvalue weighted by atomic mass is 14.8. The van der Waals surface area contributed by atoms with E-state index in [0.717, 1.165) is 6.42 Å². The summed E-state index contributed by atoms with van der Waals surface area (Å²) in [6.45, 7) is 6.16. The molecule has 0 aliphatic carbocycles. The third-order valence-corrected chi connectivity index (χ3v) is 1.65. The fourth-order valence-electron chi connectivity index (χ4n) is 0.907. The van der Waals surface area contributed by atoms with Crippen LogP contribution >= 0.6 is 0 Å². The van der Waals surface area contributed by atoms with Crippen molar-refractivity contribution in [2.75, 3.05) is 12.4 Å². The van der Waals surface area contributed by atoms with E-state index in [1.165, 1.54) is 11.3 Å². The molecular weight excluding hydrogens is 158 g/mol. The highest BCUT2D eigenvalue weighted by molar-refractivity contribution is 5.43. The molecular formula is C12H25N. The Labute approximate surface area is 84.7 Å². The molecule has 0 bridgehead atoms. The number of aryl methyl sites for hydroxylation is 1. The minimum Gasteiger partial charge on any atom is -0.388 e. The summed E-state index contributed by atoms with van der Waals surface area (Å²) < 4.78 is 0. The summed E-state index contributed by atoms with van der Waals surface area (Å²) >= 11 is 0. The molecule has 0 amide bonds. The van der Waals surface area contributed by atoms with Gasteiger partial charge in [0.1, 0.15) is 0 Å². The Morgan fingerprint density at radius 2 is 1.62 bits per heavy atom. The van der Waals surface area contributed by atoms with Crippen LogP contribution in [0.4, 0.5) is 5.69 Å². The molecule has 0 heterocycles. The summed E-state index contributed by atoms with van der Waals surface area (Å²) in [4.78, 5) is 0. The van der Waals surface area contributed by atoms with E-state index < -0.39 is 0 Å². The van der Waals surface area contributed by atoms with Crippen molar-refractivity contribution in [1.29, 1.82) is 0 Å². The number of hydrogen-bond acceptors (Lipinski definition) is 1. The first-order chi connectivity index (χ1) is 5.86. The number of nitrogens with one attached hydrogen (secondary N) is 1. The van der Waals surface area contributed by atoms with Gasteiger partial charge < -0.3 is 5.32 Å². The second kappa shape index (κ2) is 9.11. The molecule has 1 aromatic rings. The molecule has 0 aromatic heterocycles. The fourth-order valence-corrected chi connectivity index (χ4v) is 0.907. The summed E-state index contributed by atoms with van der Waals surface area (Å²) in [6, 6.07) is 8.48. The Morgan fingerprint density at radius 3 is 1.92 bits per heavy atom. The third kappa shape index (κ3) is 5.29. The standard InChI is InChI=1S/C9H13N.C2H6.CH4.H2/c1-3-8-4-6-9(10-2)7-5-8;1-2;;/h4-7,10H,3H2,1-2H3;1-2H3;1H4;1H. The van der Waals surface area contributed by atoms with Crippen LogP contribution in [0.15, 0.2) is 24.3 Å². The maximum Gasteiger partial charge on any atom is 0.0337 e. The molecule has 1 aromatic carbocycles. The fraction of sp³-hybridized carbons (Fsp3) is 0.500. The molecule has 1 nitrogen and oxygen atoms in total. The normalized spacial score (nSPS) is 7.69. The molecule has 0 saturated carbocycles. The van der Waals surface area contributed by atoms with Gasteiger partial charge in [-0.1, -0.05) is 40.3 Å². The average Bonchev–Trinajstić information content (AvgIpc) is 2.21. The minimum absolute atomic E-state index is 0. The van der Waals surface area contributed by atoms with Gasteiger partial charge in [-0.3, -0.25) is 0 Å². The molecule has 0 atom stereocenters. The van der Waals surface area contributed by atoms with Crippen LogP contribution in [0.5, 0.6) is 0 Å². The molecule has 0 saturated heterocycles. The van der Waals surface area contributed by atoms with E-state index in [1.807, 2.05) is 20.9 Å². The zero-order chi connectivity index (χ0) is 9.40. The zero-order valence-electron chi connectivity index (χ0n) is 8.52. The van der Waals surface area contributed by atoms with Gasteiger partial charge in [-0.2, -0.15) is 0 Å². The zero-order valence-corrected chi connectivity index (χ0v) is 8.52. The van der Waals surface area contributed by atoms with Gasteiger partial charge in [-0.15, -0.1) is 0 Å². The first-order valence-electron chi connectivity index (χ1n) is 4.63. The van der Waals surface area contributed by atoms with Gasteiger partial charge in [-0.25, -0.2) is 0 Å². The lowest BCUT2D eigenvalue weighted by Crippen LogP contribution is -1.87. The molecule has 1 heteroatoms. The summed E-state index contributed by atoms with van der Waals surface area (Å²) in [5, 5.41) is 3.08. The SMILES string of the molecule is C.CC.CCc1ccc(NC)cc1.[HH]. The lowest BCUT2D eigenvalue weighted by atomic mass is 10.1. The predicted molar refractivity (Wildman–Crippen MR) is 65.6 cm³/mol. The maximum atomic E-state index is 3.08. The van der Waals surface area contributed by atoms with Gasteiger partial charge in [0.05, 0.1) is 0 Å². The van der Waals surface area contributed by atoms with E-state index in [1.54, 1.807) is 0 Å². The second-order valence-electron chi connectivity index (χ2n) is 2.30. The van der Waals surface area contributed by atoms with Gasteiger partial charge in [-0.05, 0) is 24.1 Å². The molecule has 1 rings (SSSR count). The van der Waals surface area contributed by atoms with Gasteiger partial charge in [0.25, 0.3) is 0 Å². The van der Waals surface area contributed by atoms with Gasteiger partial charge in [0.15, 0.2) is 0 Å². The molecule has 1 N–H and O–H groups in total. The topological polar surface area (TPSA) is 12.0 Å². The first-order valence-corrected chi connectivity index (χ1v) is 4.63. The van der Waals surface area contributed by atoms with Crippen molar-refractivity contribution in [1.82, 2.24) is 0 Å². The molecule has 0 fully saturated rings. The monoisotopic (exact) mass is 183 g/mol. The molecule has 0 spiro atoms. The van der Waals surface area contributed by atoms with E-state index in [2.05, 4.69) is 36.5 Å². The number of rotatable bonds is 2. The average molecular weight is 183 g/mol. The lowest BCUT2D eigenvalue weighted by Gasteiger charge is -1.99. The first kappa shape index (κ1) is 14.5. The van der Waals surface area contributed by atoms with Crippen molar-refractivity contribution < 1.29 is 1.43 Å². The minimum atomic E-state index is 0. The largest absolute Gasteiger partial charge is 0.388 e. The van der Waals surface area contributed by atoms with E-state index in [9.17, 15) is 0 Å². The Hall–Kier alpha value is -0.980. The van der Waals surface area contributed by atoms with Crippen molar-refractivity contribution in [3.05, 3.63) is 29.8 Å². The molecule has 0 aliphatic heterocycles. The van der Waals surface area contributed by atoms with Crippen LogP contribution in [0.2, 0.25) is 0 Å². The van der Waals surface area contributed by atoms with Crippen LogP contribution in [0.3, 0.4) is 0 Å². The molecule has 13 heavy (non-hydrogen) atoms. The second-order valence-corrected chi connectivity index (χ2v) is 2.30. The van der Waals surface area contributed by atoms with Crippen LogP contribution in [-0.2, 0) is 6.42 Å². The Bertz CT molecular complexity index is 171. The summed E-state index contributed by atoms with van der Waals surface area (Å²) in [7, 11) is 1.93. The van der Waals surface area contributed by atoms with E-state index >= 15 is 0 Å². The van der Waals surface area contributed by atoms with E-state index in [-0.39, 0.29) is 8.85 Å². The van der Waals surface area contributed by atoms with Gasteiger partial charge in [0, 0.05) is 14.2 Å². The predicted octanol–water partition coefficient (Wildman–Crippen LogP) is 4.20. The lowest BCUT2D eigenvalue weighted by molar-refractivity contribution is 1.14. The Balaban J connectivity index is -0.000000284. The Morgan fingerprint density at radius 1 is 1.15 bits per heavy atom. The molecule has 0 unspecified atom stereocenters. The van der Waals surface area contributed by atoms with Gasteiger partial charge in [0.2, 0.25) is 0 Å². The van der Waals surface area contributed by atoms with Crippen molar-refractivity contribution in [2.24, 2.45) is 0 Å². The van der Waals surface area contributed by atoms with E-state index in [0.29, 0.717) is 0 Å². The highest BCUT2D eigenvalue weighted by Gasteiger charge is 1.87. The smallest absolute Gasteiger partial charge is 0.0337 e. The van der Waals surface area contributed by atoms with Gasteiger partial charge >= 0.3 is 0 Å². The number of anilines is 1. The van der Waals surface area contributed by atoms with Crippen molar-refractivity contribution >= 4 is 5.69 Å². The van der Waals surface area contributed by atoms with Crippen molar-refractivity contribution in [3.63, 3.8) is 0 Å². The van der Waals surface area contributed by atoms with Crippen LogP contribution in [0.1, 0.15) is 35.2 Å². The van der Waals surface area contributed by atoms with Crippen molar-refractivity contribution in [3.8, 4) is 0 Å². The van der Waals surface area contributed by atoms with Crippen LogP contribution in [0, 0.1) is 0 Å².